The first kappa shape index (κ1) is 13.4. The summed E-state index contributed by atoms with van der Waals surface area (Å²) in [5, 5.41) is 7.59. The van der Waals surface area contributed by atoms with E-state index < -0.39 is 5.97 Å². The number of nitrogens with zero attached hydrogens (tertiary/aromatic N) is 1. The van der Waals surface area contributed by atoms with Crippen molar-refractivity contribution in [1.82, 2.24) is 5.16 Å². The van der Waals surface area contributed by atoms with Gasteiger partial charge in [-0.1, -0.05) is 35.5 Å². The van der Waals surface area contributed by atoms with E-state index in [1.165, 1.54) is 11.3 Å². The number of ether oxygens (including phenoxy) is 1. The second-order valence-corrected chi connectivity index (χ2v) is 5.12. The van der Waals surface area contributed by atoms with Crippen LogP contribution in [0.25, 0.3) is 11.3 Å². The monoisotopic (exact) mass is 300 g/mol. The van der Waals surface area contributed by atoms with Gasteiger partial charge in [-0.2, -0.15) is 11.3 Å². The SMILES string of the molecule is Nc1onc(-c2ccsc2)c1C(=O)OCc1ccccc1. The van der Waals surface area contributed by atoms with E-state index in [1.807, 2.05) is 47.2 Å². The highest BCUT2D eigenvalue weighted by atomic mass is 32.1. The van der Waals surface area contributed by atoms with E-state index in [0.29, 0.717) is 5.69 Å². The average Bonchev–Trinajstić information content (AvgIpc) is 3.15. The number of nitrogens with two attached hydrogens (primary N) is 1. The largest absolute Gasteiger partial charge is 0.457 e. The van der Waals surface area contributed by atoms with Crippen LogP contribution in [0.3, 0.4) is 0 Å². The number of hydrogen-bond acceptors (Lipinski definition) is 6. The molecule has 0 aliphatic carbocycles. The van der Waals surface area contributed by atoms with E-state index in [-0.39, 0.29) is 18.1 Å². The number of carbonyl (C=O) groups is 1. The third-order valence-corrected chi connectivity index (χ3v) is 3.61. The van der Waals surface area contributed by atoms with Gasteiger partial charge in [0.25, 0.3) is 0 Å². The molecule has 1 aromatic carbocycles. The van der Waals surface area contributed by atoms with E-state index in [9.17, 15) is 4.79 Å². The summed E-state index contributed by atoms with van der Waals surface area (Å²) >= 11 is 1.50. The molecule has 0 atom stereocenters. The predicted octanol–water partition coefficient (Wildman–Crippen LogP) is 3.34. The zero-order valence-corrected chi connectivity index (χ0v) is 11.8. The Labute approximate surface area is 124 Å². The number of nitrogen functional groups attached to an aromatic ring is 1. The highest BCUT2D eigenvalue weighted by molar-refractivity contribution is 7.08. The van der Waals surface area contributed by atoms with Gasteiger partial charge in [0.05, 0.1) is 0 Å². The quantitative estimate of drug-likeness (QED) is 0.748. The van der Waals surface area contributed by atoms with Crippen molar-refractivity contribution in [3.8, 4) is 11.3 Å². The van der Waals surface area contributed by atoms with Crippen LogP contribution in [-0.2, 0) is 11.3 Å². The first-order chi connectivity index (χ1) is 10.3. The maximum atomic E-state index is 12.2. The van der Waals surface area contributed by atoms with Crippen LogP contribution in [0.5, 0.6) is 0 Å². The number of anilines is 1. The maximum absolute atomic E-state index is 12.2. The molecule has 2 heterocycles. The Kier molecular flexibility index (Phi) is 3.70. The Morgan fingerprint density at radius 1 is 1.29 bits per heavy atom. The molecule has 2 N–H and O–H groups in total. The van der Waals surface area contributed by atoms with Crippen LogP contribution in [-0.4, -0.2) is 11.1 Å². The third-order valence-electron chi connectivity index (χ3n) is 2.93. The Morgan fingerprint density at radius 2 is 2.10 bits per heavy atom. The van der Waals surface area contributed by atoms with Crippen LogP contribution in [0.2, 0.25) is 0 Å². The molecule has 5 nitrogen and oxygen atoms in total. The van der Waals surface area contributed by atoms with Crippen molar-refractivity contribution in [2.75, 3.05) is 5.73 Å². The van der Waals surface area contributed by atoms with Crippen molar-refractivity contribution >= 4 is 23.2 Å². The van der Waals surface area contributed by atoms with Crippen LogP contribution in [0.1, 0.15) is 15.9 Å². The van der Waals surface area contributed by atoms with Gasteiger partial charge in [-0.3, -0.25) is 0 Å². The number of carbonyl (C=O) groups excluding carboxylic acids is 1. The lowest BCUT2D eigenvalue weighted by Gasteiger charge is -2.04. The van der Waals surface area contributed by atoms with Gasteiger partial charge in [-0.05, 0) is 17.0 Å². The van der Waals surface area contributed by atoms with Crippen LogP contribution < -0.4 is 5.73 Å². The van der Waals surface area contributed by atoms with Crippen LogP contribution >= 0.6 is 11.3 Å². The molecule has 0 saturated carbocycles. The number of hydrogen-bond donors (Lipinski definition) is 1. The summed E-state index contributed by atoms with van der Waals surface area (Å²) in [6.45, 7) is 0.174. The fourth-order valence-electron chi connectivity index (χ4n) is 1.89. The zero-order chi connectivity index (χ0) is 14.7. The first-order valence-electron chi connectivity index (χ1n) is 6.24. The number of aromatic nitrogens is 1. The molecule has 3 aromatic rings. The van der Waals surface area contributed by atoms with Gasteiger partial charge >= 0.3 is 5.97 Å². The summed E-state index contributed by atoms with van der Waals surface area (Å²) in [5.41, 5.74) is 7.96. The highest BCUT2D eigenvalue weighted by Gasteiger charge is 2.24. The molecule has 106 valence electrons. The molecule has 6 heteroatoms. The molecule has 21 heavy (non-hydrogen) atoms. The second kappa shape index (κ2) is 5.80. The van der Waals surface area contributed by atoms with Gasteiger partial charge in [-0.25, -0.2) is 4.79 Å². The molecule has 0 saturated heterocycles. The number of rotatable bonds is 4. The molecule has 0 spiro atoms. The summed E-state index contributed by atoms with van der Waals surface area (Å²) in [6.07, 6.45) is 0. The zero-order valence-electron chi connectivity index (χ0n) is 11.0. The number of benzene rings is 1. The Bertz CT molecular complexity index is 736. The van der Waals surface area contributed by atoms with Crippen molar-refractivity contribution in [1.29, 1.82) is 0 Å². The minimum Gasteiger partial charge on any atom is -0.457 e. The lowest BCUT2D eigenvalue weighted by atomic mass is 10.1. The average molecular weight is 300 g/mol. The topological polar surface area (TPSA) is 78.4 Å². The van der Waals surface area contributed by atoms with Crippen molar-refractivity contribution in [2.45, 2.75) is 6.61 Å². The Balaban J connectivity index is 1.80. The highest BCUT2D eigenvalue weighted by Crippen LogP contribution is 2.29. The van der Waals surface area contributed by atoms with Gasteiger partial charge in [0.1, 0.15) is 12.3 Å². The minimum absolute atomic E-state index is 0.0331. The smallest absolute Gasteiger partial charge is 0.346 e. The van der Waals surface area contributed by atoms with E-state index in [1.54, 1.807) is 0 Å². The van der Waals surface area contributed by atoms with Gasteiger partial charge in [0.15, 0.2) is 5.56 Å². The number of thiophene rings is 1. The molecular formula is C15H12N2O3S. The predicted molar refractivity (Wildman–Crippen MR) is 79.8 cm³/mol. The van der Waals surface area contributed by atoms with Gasteiger partial charge in [0, 0.05) is 10.9 Å². The lowest BCUT2D eigenvalue weighted by Crippen LogP contribution is -2.08. The molecule has 0 radical (unpaired) electrons. The van der Waals surface area contributed by atoms with Crippen molar-refractivity contribution in [3.63, 3.8) is 0 Å². The van der Waals surface area contributed by atoms with E-state index in [4.69, 9.17) is 15.0 Å². The summed E-state index contributed by atoms with van der Waals surface area (Å²) in [5.74, 6) is -0.576. The van der Waals surface area contributed by atoms with Crippen LogP contribution in [0.4, 0.5) is 5.88 Å². The molecule has 0 unspecified atom stereocenters. The molecular weight excluding hydrogens is 288 g/mol. The van der Waals surface area contributed by atoms with Gasteiger partial charge in [-0.15, -0.1) is 0 Å². The normalized spacial score (nSPS) is 10.5. The number of esters is 1. The minimum atomic E-state index is -0.543. The Morgan fingerprint density at radius 3 is 2.81 bits per heavy atom. The molecule has 0 fully saturated rings. The van der Waals surface area contributed by atoms with E-state index >= 15 is 0 Å². The maximum Gasteiger partial charge on any atom is 0.346 e. The van der Waals surface area contributed by atoms with Crippen LogP contribution in [0, 0.1) is 0 Å². The first-order valence-corrected chi connectivity index (χ1v) is 7.19. The molecule has 0 aliphatic rings. The fraction of sp³-hybridized carbons (Fsp3) is 0.0667. The lowest BCUT2D eigenvalue weighted by molar-refractivity contribution is 0.0474. The van der Waals surface area contributed by atoms with E-state index in [0.717, 1.165) is 11.1 Å². The van der Waals surface area contributed by atoms with Crippen molar-refractivity contribution in [2.24, 2.45) is 0 Å². The van der Waals surface area contributed by atoms with Crippen molar-refractivity contribution < 1.29 is 14.1 Å². The van der Waals surface area contributed by atoms with Crippen molar-refractivity contribution in [3.05, 3.63) is 58.3 Å². The molecule has 2 aromatic heterocycles. The summed E-state index contributed by atoms with van der Waals surface area (Å²) in [4.78, 5) is 12.2. The van der Waals surface area contributed by atoms with Gasteiger partial charge in [0.2, 0.25) is 5.88 Å². The van der Waals surface area contributed by atoms with Crippen LogP contribution in [0.15, 0.2) is 51.7 Å². The molecule has 0 bridgehead atoms. The second-order valence-electron chi connectivity index (χ2n) is 4.34. The fourth-order valence-corrected chi connectivity index (χ4v) is 2.53. The Hall–Kier alpha value is -2.60. The molecule has 0 aliphatic heterocycles. The molecule has 3 rings (SSSR count). The summed E-state index contributed by atoms with van der Waals surface area (Å²) in [7, 11) is 0. The third kappa shape index (κ3) is 2.80. The van der Waals surface area contributed by atoms with Gasteiger partial charge < -0.3 is 15.0 Å². The van der Waals surface area contributed by atoms with E-state index in [2.05, 4.69) is 5.16 Å². The standard InChI is InChI=1S/C15H12N2O3S/c16-14-12(13(17-20-14)11-6-7-21-9-11)15(18)19-8-10-4-2-1-3-5-10/h1-7,9H,8,16H2. The summed E-state index contributed by atoms with van der Waals surface area (Å²) in [6, 6.07) is 11.3. The summed E-state index contributed by atoms with van der Waals surface area (Å²) < 4.78 is 10.2. The molecule has 0 amide bonds.